The predicted molar refractivity (Wildman–Crippen MR) is 79.4 cm³/mol. The number of hydrogen-bond acceptors (Lipinski definition) is 4. The molecule has 6 nitrogen and oxygen atoms in total. The van der Waals surface area contributed by atoms with E-state index >= 15 is 0 Å². The zero-order valence-corrected chi connectivity index (χ0v) is 12.0. The summed E-state index contributed by atoms with van der Waals surface area (Å²) in [6.07, 6.45) is 0. The Morgan fingerprint density at radius 2 is 1.80 bits per heavy atom. The van der Waals surface area contributed by atoms with Crippen molar-refractivity contribution in [1.29, 1.82) is 0 Å². The number of anilines is 1. The van der Waals surface area contributed by atoms with E-state index in [2.05, 4.69) is 10.2 Å². The summed E-state index contributed by atoms with van der Waals surface area (Å²) >= 11 is 0. The molecule has 0 aliphatic heterocycles. The van der Waals surface area contributed by atoms with Crippen LogP contribution in [0.4, 0.5) is 5.69 Å². The molecule has 0 bridgehead atoms. The van der Waals surface area contributed by atoms with E-state index in [-0.39, 0.29) is 24.9 Å². The Kier molecular flexibility index (Phi) is 6.52. The maximum Gasteiger partial charge on any atom is 0.241 e. The lowest BCUT2D eigenvalue weighted by Gasteiger charge is -2.24. The average Bonchev–Trinajstić information content (AvgIpc) is 2.50. The third kappa shape index (κ3) is 5.27. The number of likely N-dealkylation sites (N-methyl/N-ethyl adjacent to an activating group) is 2. The summed E-state index contributed by atoms with van der Waals surface area (Å²) in [6.45, 7) is 1.19. The molecule has 20 heavy (non-hydrogen) atoms. The van der Waals surface area contributed by atoms with Crippen LogP contribution in [-0.2, 0) is 9.59 Å². The van der Waals surface area contributed by atoms with Crippen LogP contribution in [0, 0.1) is 0 Å². The highest BCUT2D eigenvalue weighted by atomic mass is 16.2. The van der Waals surface area contributed by atoms with Gasteiger partial charge in [0, 0.05) is 32.9 Å². The predicted octanol–water partition coefficient (Wildman–Crippen LogP) is -0.344. The molecule has 1 aromatic rings. The first-order chi connectivity index (χ1) is 9.54. The Bertz CT molecular complexity index is 436. The quantitative estimate of drug-likeness (QED) is 0.715. The molecule has 3 N–H and O–H groups in total. The molecule has 0 saturated heterocycles. The number of amides is 2. The number of nitrogens with two attached hydrogens (primary N) is 1. The number of para-hydroxylation sites is 1. The molecule has 0 fully saturated rings. The van der Waals surface area contributed by atoms with Gasteiger partial charge < -0.3 is 20.9 Å². The fourth-order valence-corrected chi connectivity index (χ4v) is 1.62. The third-order valence-corrected chi connectivity index (χ3v) is 3.02. The van der Waals surface area contributed by atoms with E-state index in [9.17, 15) is 9.59 Å². The van der Waals surface area contributed by atoms with Gasteiger partial charge in [0.25, 0.3) is 0 Å². The second-order valence-corrected chi connectivity index (χ2v) is 4.55. The van der Waals surface area contributed by atoms with Crippen molar-refractivity contribution in [1.82, 2.24) is 10.2 Å². The number of nitrogens with zero attached hydrogens (tertiary/aromatic N) is 2. The van der Waals surface area contributed by atoms with Crippen LogP contribution in [0.5, 0.6) is 0 Å². The number of carbonyl (C=O) groups excluding carboxylic acids is 2. The smallest absolute Gasteiger partial charge is 0.241 e. The SMILES string of the molecule is CN(CCN(C)c1ccccc1)C(=O)CNC(=O)CN. The second-order valence-electron chi connectivity index (χ2n) is 4.55. The summed E-state index contributed by atoms with van der Waals surface area (Å²) < 4.78 is 0. The van der Waals surface area contributed by atoms with Crippen molar-refractivity contribution in [2.24, 2.45) is 5.73 Å². The van der Waals surface area contributed by atoms with Crippen molar-refractivity contribution in [3.8, 4) is 0 Å². The minimum Gasteiger partial charge on any atom is -0.373 e. The van der Waals surface area contributed by atoms with E-state index in [0.717, 1.165) is 12.2 Å². The first-order valence-corrected chi connectivity index (χ1v) is 6.51. The topological polar surface area (TPSA) is 78.7 Å². The zero-order valence-electron chi connectivity index (χ0n) is 12.0. The van der Waals surface area contributed by atoms with Crippen molar-refractivity contribution < 1.29 is 9.59 Å². The Balaban J connectivity index is 2.33. The van der Waals surface area contributed by atoms with Gasteiger partial charge in [0.1, 0.15) is 0 Å². The van der Waals surface area contributed by atoms with Crippen molar-refractivity contribution in [3.05, 3.63) is 30.3 Å². The van der Waals surface area contributed by atoms with Gasteiger partial charge in [-0.25, -0.2) is 0 Å². The molecule has 0 saturated carbocycles. The zero-order chi connectivity index (χ0) is 15.0. The van der Waals surface area contributed by atoms with Crippen molar-refractivity contribution in [3.63, 3.8) is 0 Å². The van der Waals surface area contributed by atoms with Gasteiger partial charge in [-0.05, 0) is 12.1 Å². The molecule has 0 spiro atoms. The van der Waals surface area contributed by atoms with Gasteiger partial charge in [0.05, 0.1) is 13.1 Å². The molecule has 110 valence electrons. The molecule has 0 heterocycles. The highest BCUT2D eigenvalue weighted by Crippen LogP contribution is 2.10. The van der Waals surface area contributed by atoms with Gasteiger partial charge in [0.15, 0.2) is 0 Å². The first-order valence-electron chi connectivity index (χ1n) is 6.51. The molecule has 0 atom stereocenters. The number of nitrogens with one attached hydrogen (secondary N) is 1. The van der Waals surface area contributed by atoms with Crippen LogP contribution in [0.3, 0.4) is 0 Å². The summed E-state index contributed by atoms with van der Waals surface area (Å²) in [4.78, 5) is 26.4. The molecule has 0 aromatic heterocycles. The monoisotopic (exact) mass is 278 g/mol. The van der Waals surface area contributed by atoms with Crippen molar-refractivity contribution in [2.45, 2.75) is 0 Å². The third-order valence-electron chi connectivity index (χ3n) is 3.02. The largest absolute Gasteiger partial charge is 0.373 e. The highest BCUT2D eigenvalue weighted by Gasteiger charge is 2.10. The van der Waals surface area contributed by atoms with Crippen LogP contribution in [0.25, 0.3) is 0 Å². The fraction of sp³-hybridized carbons (Fsp3) is 0.429. The van der Waals surface area contributed by atoms with Crippen LogP contribution < -0.4 is 16.0 Å². The standard InChI is InChI=1S/C14H22N4O2/c1-17(12-6-4-3-5-7-12)8-9-18(2)14(20)11-16-13(19)10-15/h3-7H,8-11,15H2,1-2H3,(H,16,19). The summed E-state index contributed by atoms with van der Waals surface area (Å²) in [5.74, 6) is -0.457. The summed E-state index contributed by atoms with van der Waals surface area (Å²) in [5.41, 5.74) is 6.26. The molecule has 0 aliphatic rings. The fourth-order valence-electron chi connectivity index (χ4n) is 1.62. The molecule has 6 heteroatoms. The normalized spacial score (nSPS) is 9.95. The second kappa shape index (κ2) is 8.16. The van der Waals surface area contributed by atoms with Gasteiger partial charge >= 0.3 is 0 Å². The average molecular weight is 278 g/mol. The molecule has 0 aliphatic carbocycles. The lowest BCUT2D eigenvalue weighted by molar-refractivity contribution is -0.131. The van der Waals surface area contributed by atoms with Crippen LogP contribution in [0.2, 0.25) is 0 Å². The van der Waals surface area contributed by atoms with E-state index in [1.807, 2.05) is 37.4 Å². The van der Waals surface area contributed by atoms with Gasteiger partial charge in [-0.2, -0.15) is 0 Å². The van der Waals surface area contributed by atoms with Crippen LogP contribution in [0.1, 0.15) is 0 Å². The summed E-state index contributed by atoms with van der Waals surface area (Å²) in [5, 5.41) is 2.46. The van der Waals surface area contributed by atoms with Crippen LogP contribution in [-0.4, -0.2) is 57.0 Å². The van der Waals surface area contributed by atoms with Gasteiger partial charge in [0.2, 0.25) is 11.8 Å². The van der Waals surface area contributed by atoms with Gasteiger partial charge in [-0.15, -0.1) is 0 Å². The molecule has 0 radical (unpaired) electrons. The minimum atomic E-state index is -0.326. The number of benzene rings is 1. The highest BCUT2D eigenvalue weighted by molar-refractivity contribution is 5.85. The van der Waals surface area contributed by atoms with Crippen molar-refractivity contribution >= 4 is 17.5 Å². The van der Waals surface area contributed by atoms with Crippen LogP contribution in [0.15, 0.2) is 30.3 Å². The lowest BCUT2D eigenvalue weighted by atomic mass is 10.3. The summed E-state index contributed by atoms with van der Waals surface area (Å²) in [6, 6.07) is 9.95. The molecule has 0 unspecified atom stereocenters. The Morgan fingerprint density at radius 3 is 2.40 bits per heavy atom. The Labute approximate surface area is 119 Å². The van der Waals surface area contributed by atoms with Crippen molar-refractivity contribution in [2.75, 3.05) is 45.2 Å². The van der Waals surface area contributed by atoms with Crippen LogP contribution >= 0.6 is 0 Å². The van der Waals surface area contributed by atoms with E-state index in [4.69, 9.17) is 5.73 Å². The van der Waals surface area contributed by atoms with Gasteiger partial charge in [-0.3, -0.25) is 9.59 Å². The minimum absolute atomic E-state index is 0.0123. The Hall–Kier alpha value is -2.08. The van der Waals surface area contributed by atoms with Gasteiger partial charge in [-0.1, -0.05) is 18.2 Å². The maximum absolute atomic E-state index is 11.8. The first kappa shape index (κ1) is 16.0. The lowest BCUT2D eigenvalue weighted by Crippen LogP contribution is -2.42. The number of rotatable bonds is 7. The number of hydrogen-bond donors (Lipinski definition) is 2. The van der Waals surface area contributed by atoms with E-state index < -0.39 is 0 Å². The molecule has 2 amide bonds. The van der Waals surface area contributed by atoms with E-state index in [1.165, 1.54) is 0 Å². The molecule has 1 aromatic carbocycles. The summed E-state index contributed by atoms with van der Waals surface area (Å²) in [7, 11) is 3.69. The molecule has 1 rings (SSSR count). The van der Waals surface area contributed by atoms with E-state index in [0.29, 0.717) is 6.54 Å². The molecular weight excluding hydrogens is 256 g/mol. The Morgan fingerprint density at radius 1 is 1.15 bits per heavy atom. The maximum atomic E-state index is 11.8. The number of carbonyl (C=O) groups is 2. The molecular formula is C14H22N4O2. The van der Waals surface area contributed by atoms with E-state index in [1.54, 1.807) is 11.9 Å².